The van der Waals surface area contributed by atoms with Gasteiger partial charge in [-0.15, -0.1) is 0 Å². The zero-order chi connectivity index (χ0) is 15.3. The summed E-state index contributed by atoms with van der Waals surface area (Å²) in [6.07, 6.45) is -0.754. The summed E-state index contributed by atoms with van der Waals surface area (Å²) in [6.45, 7) is 2.66. The highest BCUT2D eigenvalue weighted by atomic mass is 19.4. The van der Waals surface area contributed by atoms with Gasteiger partial charge in [0, 0.05) is 25.1 Å². The third-order valence-electron chi connectivity index (χ3n) is 3.85. The minimum Gasteiger partial charge on any atom is -0.394 e. The second-order valence-electron chi connectivity index (χ2n) is 5.59. The molecule has 0 spiro atoms. The van der Waals surface area contributed by atoms with E-state index in [9.17, 15) is 13.2 Å². The van der Waals surface area contributed by atoms with E-state index in [1.54, 1.807) is 4.68 Å². The van der Waals surface area contributed by atoms with Crippen LogP contribution in [-0.2, 0) is 6.54 Å². The molecule has 0 aromatic carbocycles. The molecule has 0 unspecified atom stereocenters. The van der Waals surface area contributed by atoms with Crippen LogP contribution in [0.3, 0.4) is 0 Å². The predicted octanol–water partition coefficient (Wildman–Crippen LogP) is 2.40. The molecule has 4 nitrogen and oxygen atoms in total. The SMILES string of the molecule is OCCn1ccc([C@@H]2CCCN(CCCC(F)(F)F)C2)n1. The summed E-state index contributed by atoms with van der Waals surface area (Å²) in [7, 11) is 0. The Morgan fingerprint density at radius 1 is 1.33 bits per heavy atom. The molecule has 21 heavy (non-hydrogen) atoms. The van der Waals surface area contributed by atoms with Crippen LogP contribution in [0.15, 0.2) is 12.3 Å². The monoisotopic (exact) mass is 305 g/mol. The van der Waals surface area contributed by atoms with Crippen LogP contribution in [0.5, 0.6) is 0 Å². The molecule has 1 aromatic rings. The highest BCUT2D eigenvalue weighted by molar-refractivity contribution is 5.08. The number of aliphatic hydroxyl groups excluding tert-OH is 1. The number of nitrogens with zero attached hydrogens (tertiary/aromatic N) is 3. The molecule has 1 fully saturated rings. The Balaban J connectivity index is 1.82. The van der Waals surface area contributed by atoms with Crippen molar-refractivity contribution < 1.29 is 18.3 Å². The highest BCUT2D eigenvalue weighted by Gasteiger charge is 2.28. The molecule has 2 heterocycles. The Bertz CT molecular complexity index is 433. The van der Waals surface area contributed by atoms with Gasteiger partial charge >= 0.3 is 6.18 Å². The number of halogens is 3. The van der Waals surface area contributed by atoms with E-state index in [0.717, 1.165) is 31.6 Å². The maximum absolute atomic E-state index is 12.2. The van der Waals surface area contributed by atoms with Gasteiger partial charge in [-0.2, -0.15) is 18.3 Å². The average molecular weight is 305 g/mol. The van der Waals surface area contributed by atoms with Gasteiger partial charge in [0.25, 0.3) is 0 Å². The zero-order valence-electron chi connectivity index (χ0n) is 12.0. The number of likely N-dealkylation sites (tertiary alicyclic amines) is 1. The van der Waals surface area contributed by atoms with E-state index in [1.165, 1.54) is 0 Å². The first-order valence-corrected chi connectivity index (χ1v) is 7.41. The average Bonchev–Trinajstić information content (AvgIpc) is 2.87. The summed E-state index contributed by atoms with van der Waals surface area (Å²) in [5.74, 6) is 0.282. The van der Waals surface area contributed by atoms with Gasteiger partial charge in [-0.25, -0.2) is 0 Å². The Morgan fingerprint density at radius 2 is 2.14 bits per heavy atom. The summed E-state index contributed by atoms with van der Waals surface area (Å²) in [5.41, 5.74) is 0.976. The van der Waals surface area contributed by atoms with Crippen LogP contribution >= 0.6 is 0 Å². The predicted molar refractivity (Wildman–Crippen MR) is 73.0 cm³/mol. The summed E-state index contributed by atoms with van der Waals surface area (Å²) in [6, 6.07) is 1.94. The smallest absolute Gasteiger partial charge is 0.389 e. The molecule has 1 atom stereocenters. The van der Waals surface area contributed by atoms with Crippen molar-refractivity contribution in [1.82, 2.24) is 14.7 Å². The van der Waals surface area contributed by atoms with Crippen LogP contribution in [0.4, 0.5) is 13.2 Å². The first-order valence-electron chi connectivity index (χ1n) is 7.41. The van der Waals surface area contributed by atoms with Gasteiger partial charge in [0.1, 0.15) is 0 Å². The first-order chi connectivity index (χ1) is 9.98. The minimum atomic E-state index is -4.06. The molecule has 120 valence electrons. The van der Waals surface area contributed by atoms with Gasteiger partial charge in [-0.05, 0) is 38.4 Å². The van der Waals surface area contributed by atoms with Crippen molar-refractivity contribution in [3.63, 3.8) is 0 Å². The van der Waals surface area contributed by atoms with Crippen molar-refractivity contribution in [2.45, 2.75) is 44.3 Å². The highest BCUT2D eigenvalue weighted by Crippen LogP contribution is 2.27. The molecule has 0 radical (unpaired) electrons. The summed E-state index contributed by atoms with van der Waals surface area (Å²) < 4.78 is 38.2. The molecule has 0 saturated carbocycles. The van der Waals surface area contributed by atoms with E-state index in [4.69, 9.17) is 5.11 Å². The molecule has 2 rings (SSSR count). The normalized spacial score (nSPS) is 20.9. The second kappa shape index (κ2) is 7.26. The van der Waals surface area contributed by atoms with E-state index in [0.29, 0.717) is 13.1 Å². The number of hydrogen-bond acceptors (Lipinski definition) is 3. The van der Waals surface area contributed by atoms with Crippen LogP contribution in [0, 0.1) is 0 Å². The molecule has 1 saturated heterocycles. The molecule has 7 heteroatoms. The maximum Gasteiger partial charge on any atom is 0.389 e. The van der Waals surface area contributed by atoms with Crippen molar-refractivity contribution in [2.75, 3.05) is 26.2 Å². The molecule has 1 aromatic heterocycles. The third-order valence-corrected chi connectivity index (χ3v) is 3.85. The molecule has 0 aliphatic carbocycles. The largest absolute Gasteiger partial charge is 0.394 e. The Morgan fingerprint density at radius 3 is 2.86 bits per heavy atom. The zero-order valence-corrected chi connectivity index (χ0v) is 12.0. The van der Waals surface area contributed by atoms with Gasteiger partial charge in [-0.1, -0.05) is 0 Å². The maximum atomic E-state index is 12.2. The Hall–Kier alpha value is -1.08. The lowest BCUT2D eigenvalue weighted by Crippen LogP contribution is -2.35. The van der Waals surface area contributed by atoms with Gasteiger partial charge in [0.05, 0.1) is 18.8 Å². The summed E-state index contributed by atoms with van der Waals surface area (Å²) >= 11 is 0. The van der Waals surface area contributed by atoms with E-state index in [1.807, 2.05) is 12.3 Å². The van der Waals surface area contributed by atoms with Gasteiger partial charge < -0.3 is 10.0 Å². The van der Waals surface area contributed by atoms with Crippen LogP contribution in [0.25, 0.3) is 0 Å². The number of hydrogen-bond donors (Lipinski definition) is 1. The fourth-order valence-electron chi connectivity index (χ4n) is 2.83. The number of alkyl halides is 3. The number of aromatic nitrogens is 2. The Kier molecular flexibility index (Phi) is 5.64. The van der Waals surface area contributed by atoms with Gasteiger partial charge in [0.2, 0.25) is 0 Å². The van der Waals surface area contributed by atoms with Crippen molar-refractivity contribution >= 4 is 0 Å². The van der Waals surface area contributed by atoms with E-state index < -0.39 is 12.6 Å². The lowest BCUT2D eigenvalue weighted by molar-refractivity contribution is -0.136. The Labute approximate surface area is 122 Å². The van der Waals surface area contributed by atoms with Gasteiger partial charge in [0.15, 0.2) is 0 Å². The van der Waals surface area contributed by atoms with E-state index >= 15 is 0 Å². The quantitative estimate of drug-likeness (QED) is 0.877. The van der Waals surface area contributed by atoms with Crippen LogP contribution < -0.4 is 0 Å². The lowest BCUT2D eigenvalue weighted by atomic mass is 9.95. The van der Waals surface area contributed by atoms with E-state index in [2.05, 4.69) is 10.00 Å². The van der Waals surface area contributed by atoms with Crippen LogP contribution in [0.1, 0.15) is 37.3 Å². The molecule has 1 aliphatic rings. The topological polar surface area (TPSA) is 41.3 Å². The molecule has 0 bridgehead atoms. The van der Waals surface area contributed by atoms with E-state index in [-0.39, 0.29) is 18.9 Å². The molecule has 1 N–H and O–H groups in total. The molecule has 0 amide bonds. The first kappa shape index (κ1) is 16.3. The van der Waals surface area contributed by atoms with Crippen molar-refractivity contribution in [2.24, 2.45) is 0 Å². The standard InChI is InChI=1S/C14H22F3N3O/c15-14(16,17)5-2-7-19-6-1-3-12(11-19)13-4-8-20(18-13)9-10-21/h4,8,12,21H,1-3,5-7,9-11H2/t12-/m1/s1. The van der Waals surface area contributed by atoms with Crippen molar-refractivity contribution in [3.05, 3.63) is 18.0 Å². The van der Waals surface area contributed by atoms with Crippen molar-refractivity contribution in [1.29, 1.82) is 0 Å². The molecular formula is C14H22F3N3O. The summed E-state index contributed by atoms with van der Waals surface area (Å²) in [5, 5.41) is 13.3. The molecular weight excluding hydrogens is 283 g/mol. The van der Waals surface area contributed by atoms with Crippen molar-refractivity contribution in [3.8, 4) is 0 Å². The second-order valence-corrected chi connectivity index (χ2v) is 5.59. The number of rotatable bonds is 6. The lowest BCUT2D eigenvalue weighted by Gasteiger charge is -2.32. The molecule has 1 aliphatic heterocycles. The fraction of sp³-hybridized carbons (Fsp3) is 0.786. The third kappa shape index (κ3) is 5.32. The minimum absolute atomic E-state index is 0.0509. The fourth-order valence-corrected chi connectivity index (χ4v) is 2.83. The number of aliphatic hydroxyl groups is 1. The van der Waals surface area contributed by atoms with Crippen LogP contribution in [0.2, 0.25) is 0 Å². The summed E-state index contributed by atoms with van der Waals surface area (Å²) in [4.78, 5) is 2.10. The van der Waals surface area contributed by atoms with Gasteiger partial charge in [-0.3, -0.25) is 4.68 Å². The van der Waals surface area contributed by atoms with Crippen LogP contribution in [-0.4, -0.2) is 52.2 Å². The number of piperidine rings is 1.